The first-order valence-electron chi connectivity index (χ1n) is 2.62. The van der Waals surface area contributed by atoms with Gasteiger partial charge < -0.3 is 5.73 Å². The van der Waals surface area contributed by atoms with Crippen molar-refractivity contribution in [1.29, 1.82) is 0 Å². The molecule has 0 spiro atoms. The lowest BCUT2D eigenvalue weighted by atomic mass is 10.2. The minimum Gasteiger partial charge on any atom is -0.399 e. The summed E-state index contributed by atoms with van der Waals surface area (Å²) in [5.41, 5.74) is 7.53. The van der Waals surface area contributed by atoms with E-state index in [1.165, 1.54) is 0 Å². The van der Waals surface area contributed by atoms with Gasteiger partial charge in [0.25, 0.3) is 0 Å². The molecule has 1 rings (SSSR count). The Morgan fingerprint density at radius 1 is 1.25 bits per heavy atom. The van der Waals surface area contributed by atoms with E-state index in [9.17, 15) is 0 Å². The summed E-state index contributed by atoms with van der Waals surface area (Å²) in [7, 11) is 0. The molecule has 0 aliphatic heterocycles. The number of anilines is 1. The SMILES string of the molecule is Cc1ccccc1[15NH2]. The third-order valence-corrected chi connectivity index (χ3v) is 1.19. The highest BCUT2D eigenvalue weighted by atomic mass is 15.3. The van der Waals surface area contributed by atoms with E-state index >= 15 is 0 Å². The lowest BCUT2D eigenvalue weighted by Crippen LogP contribution is -1.85. The van der Waals surface area contributed by atoms with E-state index in [0.717, 1.165) is 11.3 Å². The first kappa shape index (κ1) is 5.16. The van der Waals surface area contributed by atoms with E-state index in [0.29, 0.717) is 0 Å². The molecule has 0 saturated carbocycles. The van der Waals surface area contributed by atoms with Crippen LogP contribution in [0.1, 0.15) is 5.56 Å². The fourth-order valence-electron chi connectivity index (χ4n) is 0.587. The maximum absolute atomic E-state index is 5.52. The van der Waals surface area contributed by atoms with Crippen molar-refractivity contribution in [2.75, 3.05) is 5.73 Å². The maximum Gasteiger partial charge on any atom is 0.0343 e. The van der Waals surface area contributed by atoms with Crippen LogP contribution in [0.4, 0.5) is 5.69 Å². The van der Waals surface area contributed by atoms with Gasteiger partial charge in [-0.15, -0.1) is 0 Å². The molecule has 0 bridgehead atoms. The van der Waals surface area contributed by atoms with Crippen LogP contribution in [0.15, 0.2) is 24.3 Å². The van der Waals surface area contributed by atoms with Gasteiger partial charge in [0.15, 0.2) is 0 Å². The fraction of sp³-hybridized carbons (Fsp3) is 0.143. The molecule has 0 unspecified atom stereocenters. The molecule has 42 valence electrons. The van der Waals surface area contributed by atoms with Gasteiger partial charge in [-0.3, -0.25) is 0 Å². The molecule has 8 heavy (non-hydrogen) atoms. The third kappa shape index (κ3) is 0.808. The summed E-state index contributed by atoms with van der Waals surface area (Å²) in [5, 5.41) is 0. The van der Waals surface area contributed by atoms with Crippen molar-refractivity contribution in [1.82, 2.24) is 0 Å². The first-order valence-corrected chi connectivity index (χ1v) is 2.62. The van der Waals surface area contributed by atoms with Crippen molar-refractivity contribution in [3.05, 3.63) is 29.8 Å². The molecule has 0 aromatic heterocycles. The predicted octanol–water partition coefficient (Wildman–Crippen LogP) is 1.58. The van der Waals surface area contributed by atoms with Crippen LogP contribution in [-0.4, -0.2) is 0 Å². The van der Waals surface area contributed by atoms with Crippen molar-refractivity contribution in [3.8, 4) is 0 Å². The molecule has 1 nitrogen and oxygen atoms in total. The summed E-state index contributed by atoms with van der Waals surface area (Å²) < 4.78 is 0. The van der Waals surface area contributed by atoms with E-state index in [4.69, 9.17) is 5.73 Å². The zero-order valence-corrected chi connectivity index (χ0v) is 4.89. The van der Waals surface area contributed by atoms with Crippen molar-refractivity contribution in [2.45, 2.75) is 6.92 Å². The first-order chi connectivity index (χ1) is 3.80. The molecule has 1 aromatic rings. The summed E-state index contributed by atoms with van der Waals surface area (Å²) in [6, 6.07) is 7.80. The Balaban J connectivity index is 3.13. The number of aryl methyl sites for hydroxylation is 1. The Bertz CT molecular complexity index is 160. The summed E-state index contributed by atoms with van der Waals surface area (Å²) in [4.78, 5) is 0. The number of benzene rings is 1. The minimum absolute atomic E-state index is 0.868. The van der Waals surface area contributed by atoms with Crippen molar-refractivity contribution in [2.24, 2.45) is 0 Å². The van der Waals surface area contributed by atoms with Gasteiger partial charge in [-0.05, 0) is 18.6 Å². The molecule has 0 saturated heterocycles. The Kier molecular flexibility index (Phi) is 1.20. The Hall–Kier alpha value is -0.980. The van der Waals surface area contributed by atoms with Crippen LogP contribution in [0.2, 0.25) is 0 Å². The molecule has 0 heterocycles. The van der Waals surface area contributed by atoms with E-state index < -0.39 is 0 Å². The number of hydrogen-bond acceptors (Lipinski definition) is 1. The van der Waals surface area contributed by atoms with Crippen LogP contribution < -0.4 is 5.73 Å². The molecule has 1 heteroatoms. The molecule has 1 aromatic carbocycles. The fourth-order valence-corrected chi connectivity index (χ4v) is 0.587. The van der Waals surface area contributed by atoms with Gasteiger partial charge in [0, 0.05) is 5.69 Å². The monoisotopic (exact) mass is 108 g/mol. The van der Waals surface area contributed by atoms with Crippen LogP contribution in [-0.2, 0) is 0 Å². The topological polar surface area (TPSA) is 26.0 Å². The van der Waals surface area contributed by atoms with E-state index in [-0.39, 0.29) is 0 Å². The second-order valence-corrected chi connectivity index (χ2v) is 1.86. The highest BCUT2D eigenvalue weighted by molar-refractivity contribution is 5.44. The van der Waals surface area contributed by atoms with Crippen LogP contribution in [0, 0.1) is 6.92 Å². The van der Waals surface area contributed by atoms with Crippen LogP contribution >= 0.6 is 0 Å². The number of nitrogens with two attached hydrogens (primary N) is 1. The molecule has 0 aliphatic rings. The number of nitrogen functional groups attached to an aromatic ring is 1. The molecule has 0 aliphatic carbocycles. The number of para-hydroxylation sites is 1. The van der Waals surface area contributed by atoms with E-state index in [1.54, 1.807) is 0 Å². The van der Waals surface area contributed by atoms with E-state index in [1.807, 2.05) is 31.2 Å². The molecule has 0 radical (unpaired) electrons. The number of hydrogen-bond donors (Lipinski definition) is 1. The van der Waals surface area contributed by atoms with Gasteiger partial charge in [0.2, 0.25) is 0 Å². The van der Waals surface area contributed by atoms with Gasteiger partial charge >= 0.3 is 0 Å². The van der Waals surface area contributed by atoms with Gasteiger partial charge in [0.1, 0.15) is 0 Å². The predicted molar refractivity (Wildman–Crippen MR) is 35.6 cm³/mol. The van der Waals surface area contributed by atoms with E-state index in [2.05, 4.69) is 0 Å². The molecular formula is C7H9N. The van der Waals surface area contributed by atoms with Gasteiger partial charge in [-0.25, -0.2) is 0 Å². The molecular weight excluding hydrogens is 99.1 g/mol. The second-order valence-electron chi connectivity index (χ2n) is 1.86. The third-order valence-electron chi connectivity index (χ3n) is 1.19. The summed E-state index contributed by atoms with van der Waals surface area (Å²) in [5.74, 6) is 0. The van der Waals surface area contributed by atoms with Gasteiger partial charge in [-0.1, -0.05) is 18.2 Å². The smallest absolute Gasteiger partial charge is 0.0343 e. The highest BCUT2D eigenvalue weighted by Gasteiger charge is 1.84. The summed E-state index contributed by atoms with van der Waals surface area (Å²) in [6.45, 7) is 2.00. The average molecular weight is 108 g/mol. The van der Waals surface area contributed by atoms with Crippen molar-refractivity contribution < 1.29 is 0 Å². The van der Waals surface area contributed by atoms with Crippen LogP contribution in [0.25, 0.3) is 0 Å². The second kappa shape index (κ2) is 1.86. The Labute approximate surface area is 49.1 Å². The molecule has 0 atom stereocenters. The van der Waals surface area contributed by atoms with Crippen LogP contribution in [0.3, 0.4) is 0 Å². The summed E-state index contributed by atoms with van der Waals surface area (Å²) >= 11 is 0. The Morgan fingerprint density at radius 3 is 2.25 bits per heavy atom. The molecule has 0 fully saturated rings. The lowest BCUT2D eigenvalue weighted by molar-refractivity contribution is 1.47. The Morgan fingerprint density at radius 2 is 1.88 bits per heavy atom. The van der Waals surface area contributed by atoms with Crippen molar-refractivity contribution in [3.63, 3.8) is 0 Å². The molecule has 2 N–H and O–H groups in total. The normalized spacial score (nSPS) is 9.12. The highest BCUT2D eigenvalue weighted by Crippen LogP contribution is 2.06. The number of rotatable bonds is 0. The minimum atomic E-state index is 0.868. The largest absolute Gasteiger partial charge is 0.399 e. The standard InChI is InChI=1S/C7H9N/c1-6-4-2-3-5-7(6)8/h2-5H,8H2,1H3/i8+1. The maximum atomic E-state index is 5.52. The van der Waals surface area contributed by atoms with Gasteiger partial charge in [-0.2, -0.15) is 0 Å². The quantitative estimate of drug-likeness (QED) is 0.396. The average Bonchev–Trinajstić information content (AvgIpc) is 1.77. The van der Waals surface area contributed by atoms with Crippen molar-refractivity contribution >= 4 is 5.69 Å². The lowest BCUT2D eigenvalue weighted by Gasteiger charge is -1.93. The zero-order valence-electron chi connectivity index (χ0n) is 4.89. The summed E-state index contributed by atoms with van der Waals surface area (Å²) in [6.07, 6.45) is 0. The zero-order chi connectivity index (χ0) is 5.98. The van der Waals surface area contributed by atoms with Crippen LogP contribution in [0.5, 0.6) is 0 Å². The molecule has 0 amide bonds. The van der Waals surface area contributed by atoms with Gasteiger partial charge in [0.05, 0.1) is 0 Å².